The van der Waals surface area contributed by atoms with Crippen molar-refractivity contribution in [3.63, 3.8) is 0 Å². The topological polar surface area (TPSA) is 42.4 Å². The minimum atomic E-state index is -0.731. The average Bonchev–Trinajstić information content (AvgIpc) is 2.37. The van der Waals surface area contributed by atoms with E-state index in [0.717, 1.165) is 5.39 Å². The number of methoxy groups -OCH3 is 1. The van der Waals surface area contributed by atoms with Crippen molar-refractivity contribution in [2.75, 3.05) is 7.11 Å². The molecule has 1 aromatic carbocycles. The number of aromatic nitrogens is 1. The largest absolute Gasteiger partial charge is 0.481 e. The summed E-state index contributed by atoms with van der Waals surface area (Å²) in [5.41, 5.74) is 0.492. The van der Waals surface area contributed by atoms with Gasteiger partial charge in [-0.2, -0.15) is 0 Å². The second kappa shape index (κ2) is 5.14. The molecule has 0 aliphatic heterocycles. The first kappa shape index (κ1) is 12.5. The standard InChI is InChI=1S/C14H14FNO2/c1-3-4-13(17)12-7-9-5-6-10(15)8-11(9)14(16-12)18-2/h3,5-8,13,17H,1,4H2,2H3. The minimum absolute atomic E-state index is 0.310. The number of benzene rings is 1. The maximum Gasteiger partial charge on any atom is 0.221 e. The zero-order valence-electron chi connectivity index (χ0n) is 10.1. The third-order valence-electron chi connectivity index (χ3n) is 2.70. The van der Waals surface area contributed by atoms with Crippen LogP contribution in [0.5, 0.6) is 5.88 Å². The number of fused-ring (bicyclic) bond motifs is 1. The first-order valence-corrected chi connectivity index (χ1v) is 5.59. The monoisotopic (exact) mass is 247 g/mol. The third kappa shape index (κ3) is 2.33. The molecule has 0 spiro atoms. The van der Waals surface area contributed by atoms with Crippen molar-refractivity contribution < 1.29 is 14.2 Å². The summed E-state index contributed by atoms with van der Waals surface area (Å²) in [5.74, 6) is -0.0351. The van der Waals surface area contributed by atoms with Crippen LogP contribution in [0, 0.1) is 5.82 Å². The molecule has 0 saturated carbocycles. The fraction of sp³-hybridized carbons (Fsp3) is 0.214. The maximum absolute atomic E-state index is 13.2. The molecule has 3 nitrogen and oxygen atoms in total. The quantitative estimate of drug-likeness (QED) is 0.844. The van der Waals surface area contributed by atoms with Crippen LogP contribution in [-0.2, 0) is 0 Å². The van der Waals surface area contributed by atoms with Gasteiger partial charge in [0.05, 0.1) is 18.9 Å². The lowest BCUT2D eigenvalue weighted by Crippen LogP contribution is -2.01. The van der Waals surface area contributed by atoms with Gasteiger partial charge in [0.15, 0.2) is 0 Å². The molecule has 1 atom stereocenters. The highest BCUT2D eigenvalue weighted by molar-refractivity contribution is 5.87. The van der Waals surface area contributed by atoms with Crippen molar-refractivity contribution in [3.8, 4) is 5.88 Å². The summed E-state index contributed by atoms with van der Waals surface area (Å²) in [6, 6.07) is 6.10. The Labute approximate surface area is 105 Å². The Balaban J connectivity index is 2.59. The molecular weight excluding hydrogens is 233 g/mol. The Hall–Kier alpha value is -1.94. The molecule has 0 radical (unpaired) electrons. The predicted octanol–water partition coefficient (Wildman–Crippen LogP) is 2.99. The van der Waals surface area contributed by atoms with E-state index in [1.807, 2.05) is 0 Å². The predicted molar refractivity (Wildman–Crippen MR) is 68.0 cm³/mol. The number of pyridine rings is 1. The summed E-state index contributed by atoms with van der Waals surface area (Å²) in [6.45, 7) is 3.57. The molecule has 2 rings (SSSR count). The minimum Gasteiger partial charge on any atom is -0.481 e. The summed E-state index contributed by atoms with van der Waals surface area (Å²) in [7, 11) is 1.47. The van der Waals surface area contributed by atoms with Crippen molar-refractivity contribution in [1.82, 2.24) is 4.98 Å². The maximum atomic E-state index is 13.2. The fourth-order valence-corrected chi connectivity index (χ4v) is 1.81. The molecule has 0 saturated heterocycles. The van der Waals surface area contributed by atoms with Gasteiger partial charge in [0.1, 0.15) is 5.82 Å². The summed E-state index contributed by atoms with van der Waals surface area (Å²) in [6.07, 6.45) is 1.29. The number of nitrogens with zero attached hydrogens (tertiary/aromatic N) is 1. The van der Waals surface area contributed by atoms with E-state index in [-0.39, 0.29) is 5.82 Å². The molecule has 94 valence electrons. The van der Waals surface area contributed by atoms with Gasteiger partial charge >= 0.3 is 0 Å². The van der Waals surface area contributed by atoms with Gasteiger partial charge in [0.2, 0.25) is 5.88 Å². The van der Waals surface area contributed by atoms with Crippen LogP contribution in [0.2, 0.25) is 0 Å². The van der Waals surface area contributed by atoms with Gasteiger partial charge in [-0.25, -0.2) is 9.37 Å². The molecule has 1 aromatic heterocycles. The second-order valence-electron chi connectivity index (χ2n) is 3.96. The van der Waals surface area contributed by atoms with Gasteiger partial charge in [-0.3, -0.25) is 0 Å². The van der Waals surface area contributed by atoms with Crippen molar-refractivity contribution >= 4 is 10.8 Å². The highest BCUT2D eigenvalue weighted by Gasteiger charge is 2.12. The molecule has 18 heavy (non-hydrogen) atoms. The van der Waals surface area contributed by atoms with Crippen LogP contribution >= 0.6 is 0 Å². The summed E-state index contributed by atoms with van der Waals surface area (Å²) in [4.78, 5) is 4.19. The molecule has 1 unspecified atom stereocenters. The van der Waals surface area contributed by atoms with Crippen LogP contribution < -0.4 is 4.74 Å². The van der Waals surface area contributed by atoms with Crippen molar-refractivity contribution in [2.45, 2.75) is 12.5 Å². The van der Waals surface area contributed by atoms with Crippen LogP contribution in [0.15, 0.2) is 36.9 Å². The van der Waals surface area contributed by atoms with Gasteiger partial charge < -0.3 is 9.84 Å². The third-order valence-corrected chi connectivity index (χ3v) is 2.70. The Morgan fingerprint density at radius 3 is 2.94 bits per heavy atom. The number of rotatable bonds is 4. The molecule has 1 heterocycles. The number of aliphatic hydroxyl groups excluding tert-OH is 1. The van der Waals surface area contributed by atoms with Gasteiger partial charge in [0, 0.05) is 5.39 Å². The summed E-state index contributed by atoms with van der Waals surface area (Å²) < 4.78 is 18.3. The lowest BCUT2D eigenvalue weighted by atomic mass is 10.1. The molecule has 0 bridgehead atoms. The summed E-state index contributed by atoms with van der Waals surface area (Å²) >= 11 is 0. The van der Waals surface area contributed by atoms with Gasteiger partial charge in [-0.15, -0.1) is 6.58 Å². The normalized spacial score (nSPS) is 12.4. The SMILES string of the molecule is C=CCC(O)c1cc2ccc(F)cc2c(OC)n1. The van der Waals surface area contributed by atoms with Crippen molar-refractivity contribution in [2.24, 2.45) is 0 Å². The van der Waals surface area contributed by atoms with Crippen molar-refractivity contribution in [3.05, 3.63) is 48.4 Å². The van der Waals surface area contributed by atoms with E-state index in [1.165, 1.54) is 19.2 Å². The van der Waals surface area contributed by atoms with E-state index >= 15 is 0 Å². The van der Waals surface area contributed by atoms with E-state index in [4.69, 9.17) is 4.74 Å². The zero-order valence-corrected chi connectivity index (χ0v) is 10.1. The number of halogens is 1. The lowest BCUT2D eigenvalue weighted by molar-refractivity contribution is 0.176. The molecule has 1 N–H and O–H groups in total. The van der Waals surface area contributed by atoms with Crippen LogP contribution in [0.25, 0.3) is 10.8 Å². The smallest absolute Gasteiger partial charge is 0.221 e. The van der Waals surface area contributed by atoms with Crippen LogP contribution in [0.4, 0.5) is 4.39 Å². The van der Waals surface area contributed by atoms with Crippen LogP contribution in [0.3, 0.4) is 0 Å². The molecular formula is C14H14FNO2. The van der Waals surface area contributed by atoms with E-state index in [2.05, 4.69) is 11.6 Å². The second-order valence-corrected chi connectivity index (χ2v) is 3.96. The molecule has 0 aliphatic rings. The van der Waals surface area contributed by atoms with Crippen LogP contribution in [0.1, 0.15) is 18.2 Å². The van der Waals surface area contributed by atoms with Gasteiger partial charge in [0.25, 0.3) is 0 Å². The highest BCUT2D eigenvalue weighted by Crippen LogP contribution is 2.28. The van der Waals surface area contributed by atoms with Crippen LogP contribution in [-0.4, -0.2) is 17.2 Å². The van der Waals surface area contributed by atoms with E-state index in [9.17, 15) is 9.50 Å². The molecule has 4 heteroatoms. The molecule has 0 amide bonds. The Kier molecular flexibility index (Phi) is 3.58. The number of ether oxygens (including phenoxy) is 1. The van der Waals surface area contributed by atoms with Crippen molar-refractivity contribution in [1.29, 1.82) is 0 Å². The number of hydrogen-bond donors (Lipinski definition) is 1. The highest BCUT2D eigenvalue weighted by atomic mass is 19.1. The number of hydrogen-bond acceptors (Lipinski definition) is 3. The first-order chi connectivity index (χ1) is 8.65. The Morgan fingerprint density at radius 2 is 2.28 bits per heavy atom. The fourth-order valence-electron chi connectivity index (χ4n) is 1.81. The molecule has 0 fully saturated rings. The van der Waals surface area contributed by atoms with E-state index < -0.39 is 6.10 Å². The van der Waals surface area contributed by atoms with E-state index in [1.54, 1.807) is 18.2 Å². The molecule has 0 aliphatic carbocycles. The molecule has 2 aromatic rings. The zero-order chi connectivity index (χ0) is 13.1. The lowest BCUT2D eigenvalue weighted by Gasteiger charge is -2.11. The average molecular weight is 247 g/mol. The van der Waals surface area contributed by atoms with Gasteiger partial charge in [-0.1, -0.05) is 12.1 Å². The van der Waals surface area contributed by atoms with Gasteiger partial charge in [-0.05, 0) is 30.0 Å². The Bertz CT molecular complexity index is 583. The summed E-state index contributed by atoms with van der Waals surface area (Å²) in [5, 5.41) is 11.3. The van der Waals surface area contributed by atoms with E-state index in [0.29, 0.717) is 23.4 Å². The Morgan fingerprint density at radius 1 is 1.50 bits per heavy atom. The first-order valence-electron chi connectivity index (χ1n) is 5.59. The number of aliphatic hydroxyl groups is 1.